The molecule has 7 nitrogen and oxygen atoms in total. The molecule has 2 aromatic carbocycles. The van der Waals surface area contributed by atoms with Crippen LogP contribution in [-0.2, 0) is 4.79 Å². The molecule has 1 fully saturated rings. The number of hydrogen-bond donors (Lipinski definition) is 0. The van der Waals surface area contributed by atoms with Gasteiger partial charge in [0.05, 0.1) is 24.3 Å². The summed E-state index contributed by atoms with van der Waals surface area (Å²) in [6.45, 7) is 5.00. The molecule has 0 aliphatic carbocycles. The molecule has 5 rings (SSSR count). The molecular weight excluding hydrogens is 512 g/mol. The summed E-state index contributed by atoms with van der Waals surface area (Å²) in [6.07, 6.45) is 3.52. The van der Waals surface area contributed by atoms with Gasteiger partial charge in [-0.1, -0.05) is 24.3 Å². The number of nitrogens with zero attached hydrogens (tertiary/aromatic N) is 5. The Morgan fingerprint density at radius 2 is 1.65 bits per heavy atom. The molecule has 0 bridgehead atoms. The number of halogens is 2. The highest BCUT2D eigenvalue weighted by Crippen LogP contribution is 2.39. The van der Waals surface area contributed by atoms with Crippen LogP contribution in [0.5, 0.6) is 5.75 Å². The van der Waals surface area contributed by atoms with Crippen molar-refractivity contribution >= 4 is 22.6 Å². The zero-order valence-corrected chi connectivity index (χ0v) is 22.7. The third-order valence-corrected chi connectivity index (χ3v) is 7.29. The maximum absolute atomic E-state index is 13.7. The number of anilines is 1. The first kappa shape index (κ1) is 27.0. The number of amides is 1. The molecular formula is C31H29F2N5O2. The highest BCUT2D eigenvalue weighted by atomic mass is 19.3. The van der Waals surface area contributed by atoms with Crippen LogP contribution in [0.2, 0.25) is 0 Å². The Morgan fingerprint density at radius 1 is 0.975 bits per heavy atom. The minimum Gasteiger partial charge on any atom is -0.495 e. The summed E-state index contributed by atoms with van der Waals surface area (Å²) in [5.41, 5.74) is 4.86. The number of methoxy groups -OCH3 is 1. The Bertz CT molecular complexity index is 1580. The van der Waals surface area contributed by atoms with Gasteiger partial charge in [-0.25, -0.2) is 4.98 Å². The molecule has 2 aromatic heterocycles. The normalized spacial score (nSPS) is 17.5. The number of piperazine rings is 1. The molecule has 2 atom stereocenters. The molecule has 0 radical (unpaired) electrons. The van der Waals surface area contributed by atoms with E-state index >= 15 is 0 Å². The quantitative estimate of drug-likeness (QED) is 0.312. The number of pyridine rings is 2. The van der Waals surface area contributed by atoms with Gasteiger partial charge in [-0.2, -0.15) is 14.0 Å². The number of fused-ring (bicyclic) bond motifs is 1. The summed E-state index contributed by atoms with van der Waals surface area (Å²) >= 11 is 0. The van der Waals surface area contributed by atoms with Crippen molar-refractivity contribution in [1.82, 2.24) is 14.9 Å². The van der Waals surface area contributed by atoms with Gasteiger partial charge in [-0.05, 0) is 49.7 Å². The second-order valence-electron chi connectivity index (χ2n) is 10.2. The monoisotopic (exact) mass is 541 g/mol. The van der Waals surface area contributed by atoms with Crippen LogP contribution in [-0.4, -0.2) is 59.0 Å². The minimum absolute atomic E-state index is 0.390. The Balaban J connectivity index is 1.43. The maximum Gasteiger partial charge on any atom is 0.322 e. The van der Waals surface area contributed by atoms with Crippen molar-refractivity contribution in [2.45, 2.75) is 38.8 Å². The molecule has 3 heterocycles. The van der Waals surface area contributed by atoms with E-state index in [-0.39, 0.29) is 0 Å². The van der Waals surface area contributed by atoms with Gasteiger partial charge in [0.15, 0.2) is 0 Å². The Morgan fingerprint density at radius 3 is 2.23 bits per heavy atom. The van der Waals surface area contributed by atoms with Gasteiger partial charge in [0, 0.05) is 66.6 Å². The molecule has 0 saturated carbocycles. The predicted molar refractivity (Wildman–Crippen MR) is 150 cm³/mol. The number of aromatic nitrogens is 2. The van der Waals surface area contributed by atoms with E-state index < -0.39 is 23.9 Å². The molecule has 0 N–H and O–H groups in total. The molecule has 40 heavy (non-hydrogen) atoms. The molecule has 1 saturated heterocycles. The first-order valence-electron chi connectivity index (χ1n) is 13.0. The van der Waals surface area contributed by atoms with E-state index in [4.69, 9.17) is 15.0 Å². The van der Waals surface area contributed by atoms with Crippen molar-refractivity contribution in [3.8, 4) is 34.1 Å². The van der Waals surface area contributed by atoms with Crippen molar-refractivity contribution in [1.29, 1.82) is 5.26 Å². The molecule has 2 unspecified atom stereocenters. The molecule has 4 aromatic rings. The van der Waals surface area contributed by atoms with E-state index in [0.717, 1.165) is 33.2 Å². The SMILES string of the molecule is COc1c(-c2ccc(N3CC(C)N(C(=O)C(C)(F)F)C(C)C3)nc2)cnc2c(-c3ccc(C#N)cc3)cccc12. The lowest BCUT2D eigenvalue weighted by Crippen LogP contribution is -2.61. The van der Waals surface area contributed by atoms with Crippen LogP contribution in [0.25, 0.3) is 33.2 Å². The van der Waals surface area contributed by atoms with Crippen LogP contribution in [0.15, 0.2) is 67.0 Å². The number of nitriles is 1. The summed E-state index contributed by atoms with van der Waals surface area (Å²) in [4.78, 5) is 25.0. The minimum atomic E-state index is -3.40. The lowest BCUT2D eigenvalue weighted by atomic mass is 9.98. The third-order valence-electron chi connectivity index (χ3n) is 7.29. The van der Waals surface area contributed by atoms with E-state index in [1.54, 1.807) is 45.5 Å². The van der Waals surface area contributed by atoms with Gasteiger partial charge in [-0.15, -0.1) is 0 Å². The number of alkyl halides is 2. The van der Waals surface area contributed by atoms with E-state index in [2.05, 4.69) is 11.1 Å². The lowest BCUT2D eigenvalue weighted by molar-refractivity contribution is -0.160. The number of para-hydroxylation sites is 1. The van der Waals surface area contributed by atoms with E-state index in [1.165, 1.54) is 4.90 Å². The fourth-order valence-electron chi connectivity index (χ4n) is 5.45. The third kappa shape index (κ3) is 4.93. The van der Waals surface area contributed by atoms with Crippen LogP contribution < -0.4 is 9.64 Å². The molecule has 9 heteroatoms. The van der Waals surface area contributed by atoms with E-state index in [9.17, 15) is 13.6 Å². The van der Waals surface area contributed by atoms with E-state index in [0.29, 0.717) is 37.1 Å². The van der Waals surface area contributed by atoms with Crippen molar-refractivity contribution in [3.05, 3.63) is 72.6 Å². The van der Waals surface area contributed by atoms with Crippen LogP contribution in [0.4, 0.5) is 14.6 Å². The Kier molecular flexibility index (Phi) is 7.11. The average molecular weight is 542 g/mol. The summed E-state index contributed by atoms with van der Waals surface area (Å²) in [5, 5.41) is 9.97. The predicted octanol–water partition coefficient (Wildman–Crippen LogP) is 5.92. The van der Waals surface area contributed by atoms with Crippen molar-refractivity contribution in [3.63, 3.8) is 0 Å². The highest BCUT2D eigenvalue weighted by molar-refractivity contribution is 6.00. The Labute approximate surface area is 231 Å². The first-order chi connectivity index (χ1) is 19.1. The fourth-order valence-corrected chi connectivity index (χ4v) is 5.45. The zero-order chi connectivity index (χ0) is 28.6. The largest absolute Gasteiger partial charge is 0.495 e. The van der Waals surface area contributed by atoms with Gasteiger partial charge < -0.3 is 14.5 Å². The fraction of sp³-hybridized carbons (Fsp3) is 0.290. The van der Waals surface area contributed by atoms with Crippen LogP contribution in [0, 0.1) is 11.3 Å². The lowest BCUT2D eigenvalue weighted by Gasteiger charge is -2.45. The average Bonchev–Trinajstić information content (AvgIpc) is 2.95. The van der Waals surface area contributed by atoms with Crippen LogP contribution in [0.3, 0.4) is 0 Å². The first-order valence-corrected chi connectivity index (χ1v) is 13.0. The smallest absolute Gasteiger partial charge is 0.322 e. The summed E-state index contributed by atoms with van der Waals surface area (Å²) in [5.74, 6) is -3.17. The van der Waals surface area contributed by atoms with Gasteiger partial charge >= 0.3 is 5.92 Å². The summed E-state index contributed by atoms with van der Waals surface area (Å²) < 4.78 is 33.3. The molecule has 1 amide bonds. The highest BCUT2D eigenvalue weighted by Gasteiger charge is 2.43. The summed E-state index contributed by atoms with van der Waals surface area (Å²) in [6, 6.07) is 18.5. The number of ether oxygens (including phenoxy) is 1. The second-order valence-corrected chi connectivity index (χ2v) is 10.2. The number of carbonyl (C=O) groups is 1. The van der Waals surface area contributed by atoms with Crippen molar-refractivity contribution < 1.29 is 18.3 Å². The van der Waals surface area contributed by atoms with Crippen LogP contribution in [0.1, 0.15) is 26.3 Å². The maximum atomic E-state index is 13.7. The summed E-state index contributed by atoms with van der Waals surface area (Å²) in [7, 11) is 1.62. The number of carbonyl (C=O) groups excluding carboxylic acids is 1. The molecule has 204 valence electrons. The molecule has 0 spiro atoms. The van der Waals surface area contributed by atoms with Gasteiger partial charge in [0.1, 0.15) is 11.6 Å². The Hall–Kier alpha value is -4.58. The van der Waals surface area contributed by atoms with Crippen molar-refractivity contribution in [2.75, 3.05) is 25.1 Å². The van der Waals surface area contributed by atoms with Gasteiger partial charge in [0.25, 0.3) is 5.91 Å². The van der Waals surface area contributed by atoms with Gasteiger partial charge in [-0.3, -0.25) is 9.78 Å². The standard InChI is InChI=1S/C31H29F2N5O2/c1-19-17-37(18-20(2)38(19)30(39)31(3,32)33)27-13-12-23(15-35-27)26-16-36-28-24(6-5-7-25(28)29(26)40-4)22-10-8-21(14-34)9-11-22/h5-13,15-16,19-20H,17-18H2,1-4H3. The zero-order valence-electron chi connectivity index (χ0n) is 22.7. The topological polar surface area (TPSA) is 82.3 Å². The van der Waals surface area contributed by atoms with Crippen LogP contribution >= 0.6 is 0 Å². The number of hydrogen-bond acceptors (Lipinski definition) is 6. The van der Waals surface area contributed by atoms with Gasteiger partial charge in [0.2, 0.25) is 0 Å². The molecule has 1 aliphatic heterocycles. The van der Waals surface area contributed by atoms with E-state index in [1.807, 2.05) is 47.4 Å². The molecule has 1 aliphatic rings. The number of rotatable bonds is 5. The van der Waals surface area contributed by atoms with Crippen molar-refractivity contribution in [2.24, 2.45) is 0 Å². The second kappa shape index (κ2) is 10.5. The number of benzene rings is 2.